The zero-order valence-electron chi connectivity index (χ0n) is 10.5. The lowest BCUT2D eigenvalue weighted by Gasteiger charge is -2.24. The number of hydrogen-bond acceptors (Lipinski definition) is 5. The van der Waals surface area contributed by atoms with Gasteiger partial charge < -0.3 is 10.0 Å². The Morgan fingerprint density at radius 3 is 2.67 bits per heavy atom. The summed E-state index contributed by atoms with van der Waals surface area (Å²) in [5.74, 6) is -0.537. The summed E-state index contributed by atoms with van der Waals surface area (Å²) in [5.41, 5.74) is 0.382. The second kappa shape index (κ2) is 5.44. The number of aromatic nitrogens is 1. The second-order valence-corrected chi connectivity index (χ2v) is 3.96. The maximum absolute atomic E-state index is 11.0. The number of carbonyl (C=O) groups is 1. The van der Waals surface area contributed by atoms with Crippen molar-refractivity contribution >= 4 is 17.5 Å². The predicted molar refractivity (Wildman–Crippen MR) is 65.7 cm³/mol. The molecule has 0 aliphatic heterocycles. The highest BCUT2D eigenvalue weighted by molar-refractivity contribution is 5.77. The highest BCUT2D eigenvalue weighted by atomic mass is 16.6. The van der Waals surface area contributed by atoms with Crippen LogP contribution in [-0.4, -0.2) is 34.1 Å². The van der Waals surface area contributed by atoms with Crippen molar-refractivity contribution in [2.45, 2.75) is 26.3 Å². The third-order valence-corrected chi connectivity index (χ3v) is 2.77. The number of likely N-dealkylation sites (N-methyl/N-ethyl adjacent to an activating group) is 1. The first-order valence-corrected chi connectivity index (χ1v) is 5.45. The molecule has 0 aromatic carbocycles. The molecule has 0 saturated heterocycles. The molecule has 1 rings (SSSR count). The van der Waals surface area contributed by atoms with E-state index in [1.165, 1.54) is 11.0 Å². The molecule has 0 aliphatic carbocycles. The lowest BCUT2D eigenvalue weighted by Crippen LogP contribution is -2.38. The number of nitro groups is 1. The Balaban J connectivity index is 3.07. The Bertz CT molecular complexity index is 475. The highest BCUT2D eigenvalue weighted by Gasteiger charge is 2.23. The molecule has 0 bridgehead atoms. The average Bonchev–Trinajstić information content (AvgIpc) is 2.28. The molecule has 1 unspecified atom stereocenters. The molecule has 18 heavy (non-hydrogen) atoms. The molecule has 0 spiro atoms. The predicted octanol–water partition coefficient (Wildman–Crippen LogP) is 1.60. The molecule has 7 nitrogen and oxygen atoms in total. The van der Waals surface area contributed by atoms with E-state index in [-0.39, 0.29) is 5.69 Å². The summed E-state index contributed by atoms with van der Waals surface area (Å²) in [5, 5.41) is 19.7. The van der Waals surface area contributed by atoms with E-state index in [1.807, 2.05) is 0 Å². The standard InChI is InChI=1S/C11H15N3O4/c1-4-8(11(15)16)13(3)10-5-7(2)9(6-12-10)14(17)18/h5-6,8H,4H2,1-3H3,(H,15,16). The zero-order chi connectivity index (χ0) is 13.9. The number of nitrogens with zero attached hydrogens (tertiary/aromatic N) is 3. The minimum atomic E-state index is -0.946. The molecule has 0 amide bonds. The van der Waals surface area contributed by atoms with E-state index in [2.05, 4.69) is 4.98 Å². The van der Waals surface area contributed by atoms with Gasteiger partial charge in [0.25, 0.3) is 5.69 Å². The van der Waals surface area contributed by atoms with E-state index >= 15 is 0 Å². The molecule has 0 fully saturated rings. The molecule has 0 radical (unpaired) electrons. The van der Waals surface area contributed by atoms with Gasteiger partial charge >= 0.3 is 5.97 Å². The molecular formula is C11H15N3O4. The Kier molecular flexibility index (Phi) is 4.19. The van der Waals surface area contributed by atoms with Crippen molar-refractivity contribution < 1.29 is 14.8 Å². The molecule has 98 valence electrons. The first kappa shape index (κ1) is 13.9. The quantitative estimate of drug-likeness (QED) is 0.632. The van der Waals surface area contributed by atoms with Crippen LogP contribution in [0.25, 0.3) is 0 Å². The van der Waals surface area contributed by atoms with Crippen molar-refractivity contribution in [3.05, 3.63) is 27.9 Å². The van der Waals surface area contributed by atoms with E-state index in [0.717, 1.165) is 6.20 Å². The lowest BCUT2D eigenvalue weighted by molar-refractivity contribution is -0.385. The van der Waals surface area contributed by atoms with Gasteiger partial charge in [-0.2, -0.15) is 0 Å². The number of carboxylic acids is 1. The molecule has 1 atom stereocenters. The Morgan fingerprint density at radius 1 is 1.67 bits per heavy atom. The third-order valence-electron chi connectivity index (χ3n) is 2.77. The first-order chi connectivity index (χ1) is 8.38. The van der Waals surface area contributed by atoms with Gasteiger partial charge in [-0.15, -0.1) is 0 Å². The fourth-order valence-electron chi connectivity index (χ4n) is 1.69. The summed E-state index contributed by atoms with van der Waals surface area (Å²) in [7, 11) is 1.61. The van der Waals surface area contributed by atoms with E-state index in [9.17, 15) is 14.9 Å². The second-order valence-electron chi connectivity index (χ2n) is 3.96. The van der Waals surface area contributed by atoms with Crippen LogP contribution in [0.4, 0.5) is 11.5 Å². The van der Waals surface area contributed by atoms with Gasteiger partial charge in [-0.05, 0) is 19.4 Å². The summed E-state index contributed by atoms with van der Waals surface area (Å²) >= 11 is 0. The fraction of sp³-hybridized carbons (Fsp3) is 0.455. The van der Waals surface area contributed by atoms with Crippen LogP contribution in [0.2, 0.25) is 0 Å². The van der Waals surface area contributed by atoms with Crippen molar-refractivity contribution in [3.8, 4) is 0 Å². The van der Waals surface area contributed by atoms with Crippen molar-refractivity contribution in [2.75, 3.05) is 11.9 Å². The van der Waals surface area contributed by atoms with Gasteiger partial charge in [-0.3, -0.25) is 10.1 Å². The van der Waals surface area contributed by atoms with Crippen LogP contribution in [0.15, 0.2) is 12.3 Å². The maximum atomic E-state index is 11.0. The topological polar surface area (TPSA) is 96.6 Å². The number of hydrogen-bond donors (Lipinski definition) is 1. The van der Waals surface area contributed by atoms with E-state index in [4.69, 9.17) is 5.11 Å². The molecule has 0 saturated carbocycles. The SMILES string of the molecule is CCC(C(=O)O)N(C)c1cc(C)c([N+](=O)[O-])cn1. The van der Waals surface area contributed by atoms with Gasteiger partial charge in [-0.1, -0.05) is 6.92 Å². The zero-order valence-corrected chi connectivity index (χ0v) is 10.5. The molecule has 1 N–H and O–H groups in total. The molecule has 0 aliphatic rings. The minimum absolute atomic E-state index is 0.0736. The summed E-state index contributed by atoms with van der Waals surface area (Å²) in [4.78, 5) is 26.6. The van der Waals surface area contributed by atoms with Crippen LogP contribution < -0.4 is 4.90 Å². The van der Waals surface area contributed by atoms with Gasteiger partial charge in [0, 0.05) is 12.6 Å². The lowest BCUT2D eigenvalue weighted by atomic mass is 10.2. The van der Waals surface area contributed by atoms with Gasteiger partial charge in [-0.25, -0.2) is 9.78 Å². The smallest absolute Gasteiger partial charge is 0.326 e. The largest absolute Gasteiger partial charge is 0.480 e. The van der Waals surface area contributed by atoms with Gasteiger partial charge in [0.1, 0.15) is 18.1 Å². The van der Waals surface area contributed by atoms with Crippen LogP contribution in [-0.2, 0) is 4.79 Å². The van der Waals surface area contributed by atoms with Gasteiger partial charge in [0.2, 0.25) is 0 Å². The van der Waals surface area contributed by atoms with Crippen molar-refractivity contribution in [1.82, 2.24) is 4.98 Å². The number of carboxylic acid groups (broad SMARTS) is 1. The maximum Gasteiger partial charge on any atom is 0.326 e. The molecule has 1 heterocycles. The highest BCUT2D eigenvalue weighted by Crippen LogP contribution is 2.22. The molecular weight excluding hydrogens is 238 g/mol. The van der Waals surface area contributed by atoms with E-state index in [1.54, 1.807) is 20.9 Å². The number of anilines is 1. The van der Waals surface area contributed by atoms with E-state index < -0.39 is 16.9 Å². The first-order valence-electron chi connectivity index (χ1n) is 5.45. The monoisotopic (exact) mass is 253 g/mol. The number of rotatable bonds is 5. The Labute approximate surface area is 104 Å². The van der Waals surface area contributed by atoms with Crippen LogP contribution in [0.3, 0.4) is 0 Å². The van der Waals surface area contributed by atoms with Crippen molar-refractivity contribution in [2.24, 2.45) is 0 Å². The molecule has 1 aromatic rings. The number of pyridine rings is 1. The van der Waals surface area contributed by atoms with Gasteiger partial charge in [0.15, 0.2) is 0 Å². The van der Waals surface area contributed by atoms with E-state index in [0.29, 0.717) is 17.8 Å². The van der Waals surface area contributed by atoms with Crippen LogP contribution in [0.1, 0.15) is 18.9 Å². The van der Waals surface area contributed by atoms with Crippen LogP contribution in [0, 0.1) is 17.0 Å². The summed E-state index contributed by atoms with van der Waals surface area (Å²) in [6.45, 7) is 3.35. The van der Waals surface area contributed by atoms with Crippen molar-refractivity contribution in [3.63, 3.8) is 0 Å². The summed E-state index contributed by atoms with van der Waals surface area (Å²) in [6.07, 6.45) is 1.57. The van der Waals surface area contributed by atoms with Crippen LogP contribution in [0.5, 0.6) is 0 Å². The fourth-order valence-corrected chi connectivity index (χ4v) is 1.69. The minimum Gasteiger partial charge on any atom is -0.480 e. The van der Waals surface area contributed by atoms with Crippen molar-refractivity contribution in [1.29, 1.82) is 0 Å². The molecule has 7 heteroatoms. The number of aryl methyl sites for hydroxylation is 1. The summed E-state index contributed by atoms with van der Waals surface area (Å²) < 4.78 is 0. The Morgan fingerprint density at radius 2 is 2.28 bits per heavy atom. The molecule has 1 aromatic heterocycles. The Hall–Kier alpha value is -2.18. The van der Waals surface area contributed by atoms with Gasteiger partial charge in [0.05, 0.1) is 4.92 Å². The average molecular weight is 253 g/mol. The third kappa shape index (κ3) is 2.73. The normalized spacial score (nSPS) is 11.9. The number of aliphatic carboxylic acids is 1. The summed E-state index contributed by atoms with van der Waals surface area (Å²) in [6, 6.07) is 0.822. The van der Waals surface area contributed by atoms with Crippen LogP contribution >= 0.6 is 0 Å².